The van der Waals surface area contributed by atoms with Gasteiger partial charge in [0, 0.05) is 0 Å². The predicted molar refractivity (Wildman–Crippen MR) is 78.5 cm³/mol. The van der Waals surface area contributed by atoms with Gasteiger partial charge < -0.3 is 9.53 Å². The normalized spacial score (nSPS) is 78.8. The molecule has 0 spiro atoms. The maximum Gasteiger partial charge on any atom is 0.129 e. The molecule has 0 amide bonds. The number of fused-ring (bicyclic) bond motifs is 1. The van der Waals surface area contributed by atoms with E-state index in [2.05, 4.69) is 12.2 Å². The average molecular weight is 294 g/mol. The molecular formula is C20H22O2. The van der Waals surface area contributed by atoms with E-state index in [0.717, 1.165) is 53.3 Å². The fraction of sp³-hybridized carbons (Fsp3) is 0.850. The summed E-state index contributed by atoms with van der Waals surface area (Å²) in [7, 11) is 0. The van der Waals surface area contributed by atoms with Crippen LogP contribution < -0.4 is 0 Å². The van der Waals surface area contributed by atoms with E-state index in [1.165, 1.54) is 25.5 Å². The van der Waals surface area contributed by atoms with Crippen molar-refractivity contribution in [3.8, 4) is 0 Å². The summed E-state index contributed by atoms with van der Waals surface area (Å²) in [6, 6.07) is 0. The van der Waals surface area contributed by atoms with Crippen molar-refractivity contribution in [2.75, 3.05) is 0 Å². The van der Waals surface area contributed by atoms with Crippen molar-refractivity contribution in [1.29, 1.82) is 0 Å². The lowest BCUT2D eigenvalue weighted by Crippen LogP contribution is -2.59. The van der Waals surface area contributed by atoms with E-state index < -0.39 is 0 Å². The van der Waals surface area contributed by atoms with Gasteiger partial charge in [-0.2, -0.15) is 0 Å². The molecular weight excluding hydrogens is 272 g/mol. The SMILES string of the molecule is O=C[C@]12[C@@H]3[C@@H]4CC[C@H]5O[C@@H]1[C@H]1[C@H]6[C@H]7CC=C[C@@H]7[C@H]2[C@@H]6[C@H]3[C@H]1[C@H]45. The Balaban J connectivity index is 1.48. The molecule has 9 rings (SSSR count). The molecule has 2 nitrogen and oxygen atoms in total. The smallest absolute Gasteiger partial charge is 0.129 e. The molecule has 0 aromatic heterocycles. The first-order chi connectivity index (χ1) is 10.9. The first-order valence-corrected chi connectivity index (χ1v) is 9.66. The summed E-state index contributed by atoms with van der Waals surface area (Å²) in [5, 5.41) is 0. The van der Waals surface area contributed by atoms with Crippen LogP contribution in [0.25, 0.3) is 0 Å². The maximum absolute atomic E-state index is 12.6. The van der Waals surface area contributed by atoms with Crippen LogP contribution in [0, 0.1) is 70.5 Å². The molecule has 0 aromatic rings. The van der Waals surface area contributed by atoms with Crippen molar-refractivity contribution >= 4 is 6.29 Å². The lowest BCUT2D eigenvalue weighted by atomic mass is 9.56. The highest BCUT2D eigenvalue weighted by molar-refractivity contribution is 5.67. The first kappa shape index (κ1) is 11.0. The van der Waals surface area contributed by atoms with Crippen molar-refractivity contribution in [3.63, 3.8) is 0 Å². The third kappa shape index (κ3) is 0.719. The molecule has 9 bridgehead atoms. The largest absolute Gasteiger partial charge is 0.373 e. The van der Waals surface area contributed by atoms with Crippen LogP contribution in [0.4, 0.5) is 0 Å². The number of carbonyl (C=O) groups excluding carboxylic acids is 1. The summed E-state index contributed by atoms with van der Waals surface area (Å²) in [5.41, 5.74) is -0.0737. The molecule has 14 atom stereocenters. The van der Waals surface area contributed by atoms with Crippen LogP contribution in [0.15, 0.2) is 12.2 Å². The number of rotatable bonds is 1. The summed E-state index contributed by atoms with van der Waals surface area (Å²) < 4.78 is 6.77. The monoisotopic (exact) mass is 294 g/mol. The molecule has 7 saturated carbocycles. The van der Waals surface area contributed by atoms with Crippen LogP contribution in [0.5, 0.6) is 0 Å². The molecule has 8 aliphatic carbocycles. The zero-order valence-corrected chi connectivity index (χ0v) is 12.7. The fourth-order valence-corrected chi connectivity index (χ4v) is 10.8. The minimum atomic E-state index is -0.0737. The fourth-order valence-electron chi connectivity index (χ4n) is 10.8. The average Bonchev–Trinajstić information content (AvgIpc) is 3.25. The highest BCUT2D eigenvalue weighted by atomic mass is 16.5. The van der Waals surface area contributed by atoms with Gasteiger partial charge >= 0.3 is 0 Å². The molecule has 0 N–H and O–H groups in total. The van der Waals surface area contributed by atoms with Crippen molar-refractivity contribution in [3.05, 3.63) is 12.2 Å². The first-order valence-electron chi connectivity index (χ1n) is 9.66. The van der Waals surface area contributed by atoms with Gasteiger partial charge in [0.2, 0.25) is 0 Å². The second kappa shape index (κ2) is 2.90. The second-order valence-electron chi connectivity index (χ2n) is 9.87. The number of hydrogen-bond acceptors (Lipinski definition) is 2. The Hall–Kier alpha value is -0.630. The van der Waals surface area contributed by atoms with Gasteiger partial charge in [-0.3, -0.25) is 0 Å². The van der Waals surface area contributed by atoms with Crippen LogP contribution in [-0.4, -0.2) is 18.5 Å². The zero-order valence-electron chi connectivity index (χ0n) is 12.7. The van der Waals surface area contributed by atoms with E-state index in [1.807, 2.05) is 0 Å². The highest BCUT2D eigenvalue weighted by Gasteiger charge is 2.89. The minimum absolute atomic E-state index is 0.0737. The third-order valence-electron chi connectivity index (χ3n) is 10.4. The lowest BCUT2D eigenvalue weighted by Gasteiger charge is -2.54. The zero-order chi connectivity index (χ0) is 14.0. The molecule has 1 heterocycles. The topological polar surface area (TPSA) is 26.3 Å². The summed E-state index contributed by atoms with van der Waals surface area (Å²) in [6.45, 7) is 0. The van der Waals surface area contributed by atoms with Gasteiger partial charge in [-0.15, -0.1) is 0 Å². The number of ether oxygens (including phenoxy) is 1. The Morgan fingerprint density at radius 1 is 0.955 bits per heavy atom. The van der Waals surface area contributed by atoms with Crippen LogP contribution in [-0.2, 0) is 9.53 Å². The van der Waals surface area contributed by atoms with Crippen LogP contribution in [0.1, 0.15) is 19.3 Å². The Bertz CT molecular complexity index is 667. The van der Waals surface area contributed by atoms with Gasteiger partial charge in [0.25, 0.3) is 0 Å². The summed E-state index contributed by atoms with van der Waals surface area (Å²) in [5.74, 6) is 9.08. The van der Waals surface area contributed by atoms with Gasteiger partial charge in [-0.05, 0) is 84.4 Å². The molecule has 1 saturated heterocycles. The van der Waals surface area contributed by atoms with Gasteiger partial charge in [-0.1, -0.05) is 12.2 Å². The quantitative estimate of drug-likeness (QED) is 0.549. The molecule has 8 fully saturated rings. The lowest BCUT2D eigenvalue weighted by molar-refractivity contribution is -0.204. The predicted octanol–water partition coefficient (Wildman–Crippen LogP) is 2.54. The van der Waals surface area contributed by atoms with Gasteiger partial charge in [0.15, 0.2) is 0 Å². The summed E-state index contributed by atoms with van der Waals surface area (Å²) in [4.78, 5) is 12.6. The van der Waals surface area contributed by atoms with Crippen molar-refractivity contribution in [2.45, 2.75) is 31.5 Å². The van der Waals surface area contributed by atoms with Crippen LogP contribution in [0.2, 0.25) is 0 Å². The van der Waals surface area contributed by atoms with E-state index in [-0.39, 0.29) is 5.41 Å². The van der Waals surface area contributed by atoms with Gasteiger partial charge in [-0.25, -0.2) is 0 Å². The maximum atomic E-state index is 12.6. The van der Waals surface area contributed by atoms with Crippen molar-refractivity contribution in [2.24, 2.45) is 70.5 Å². The molecule has 114 valence electrons. The molecule has 0 aromatic carbocycles. The third-order valence-corrected chi connectivity index (χ3v) is 10.4. The second-order valence-corrected chi connectivity index (χ2v) is 9.87. The van der Waals surface area contributed by atoms with E-state index in [0.29, 0.717) is 24.0 Å². The van der Waals surface area contributed by atoms with E-state index >= 15 is 0 Å². The Morgan fingerprint density at radius 2 is 1.86 bits per heavy atom. The summed E-state index contributed by atoms with van der Waals surface area (Å²) >= 11 is 0. The van der Waals surface area contributed by atoms with Crippen molar-refractivity contribution < 1.29 is 9.53 Å². The molecule has 1 aliphatic heterocycles. The van der Waals surface area contributed by atoms with Gasteiger partial charge in [0.1, 0.15) is 6.29 Å². The Morgan fingerprint density at radius 3 is 2.77 bits per heavy atom. The molecule has 0 radical (unpaired) electrons. The molecule has 22 heavy (non-hydrogen) atoms. The highest BCUT2D eigenvalue weighted by Crippen LogP contribution is 2.88. The number of aldehydes is 1. The van der Waals surface area contributed by atoms with Crippen molar-refractivity contribution in [1.82, 2.24) is 0 Å². The Kier molecular flexibility index (Phi) is 1.45. The Labute approximate surface area is 130 Å². The van der Waals surface area contributed by atoms with Crippen LogP contribution >= 0.6 is 0 Å². The number of allylic oxidation sites excluding steroid dienone is 2. The minimum Gasteiger partial charge on any atom is -0.373 e. The van der Waals surface area contributed by atoms with E-state index in [4.69, 9.17) is 4.74 Å². The van der Waals surface area contributed by atoms with E-state index in [1.54, 1.807) is 0 Å². The molecule has 2 heteroatoms. The number of carbonyl (C=O) groups is 1. The molecule has 9 aliphatic rings. The van der Waals surface area contributed by atoms with Crippen LogP contribution in [0.3, 0.4) is 0 Å². The van der Waals surface area contributed by atoms with E-state index in [9.17, 15) is 4.79 Å². The van der Waals surface area contributed by atoms with Gasteiger partial charge in [0.05, 0.1) is 17.6 Å². The molecule has 0 unspecified atom stereocenters. The summed E-state index contributed by atoms with van der Waals surface area (Å²) in [6.07, 6.45) is 11.2. The standard InChI is InChI=1S/C20H22O2/c21-6-20-17-8-3-1-2-7(8)12-14(17)15-13-11-9(18(15)20)4-5-10(11)22-19(20)16(12)13/h1,3,6-19H,2,4-5H2/t7-,8-,9+,10+,11+,12-,13+,14-,15+,16-,17-,18+,19+,20-/m0/s1. The number of hydrogen-bond donors (Lipinski definition) is 0.